The normalized spacial score (nSPS) is 25.6. The number of carbonyl (C=O) groups excluding carboxylic acids is 2. The molecule has 0 aromatic rings. The first-order chi connectivity index (χ1) is 15.0. The minimum absolute atomic E-state index is 0.00271. The third-order valence-corrected chi connectivity index (χ3v) is 5.89. The van der Waals surface area contributed by atoms with Crippen LogP contribution in [0.15, 0.2) is 10.2 Å². The highest BCUT2D eigenvalue weighted by Crippen LogP contribution is 2.34. The molecule has 5 N–H and O–H groups in total. The molecular formula is C21H39N6O4+. The summed E-state index contributed by atoms with van der Waals surface area (Å²) in [5.74, 6) is -0.283. The molecule has 1 saturated carbocycles. The predicted molar refractivity (Wildman–Crippen MR) is 119 cm³/mol. The molecule has 10 heteroatoms. The fourth-order valence-electron chi connectivity index (χ4n) is 4.27. The Kier molecular flexibility index (Phi) is 10.9. The standard InChI is InChI=1S/C21H38N6O4/c1-23-11-6-12-24-19(28)14-27(2)21(29)31-18-8-5-4-7-17(30-3)15-13-25-26-16(9-10-22)20(15)18/h13,15,17-18,20,23H,4-12,14,22H2,1-3H3,(H,24,28)/p+1/t15?,17-,18-,20-/m1/s1. The highest BCUT2D eigenvalue weighted by molar-refractivity contribution is 5.92. The zero-order valence-electron chi connectivity index (χ0n) is 19.1. The molecule has 1 fully saturated rings. The second kappa shape index (κ2) is 13.4. The van der Waals surface area contributed by atoms with Gasteiger partial charge in [0.05, 0.1) is 18.4 Å². The second-order valence-electron chi connectivity index (χ2n) is 8.21. The van der Waals surface area contributed by atoms with Crippen molar-refractivity contribution in [1.29, 1.82) is 0 Å². The van der Waals surface area contributed by atoms with E-state index in [2.05, 4.69) is 26.6 Å². The molecule has 2 amide bonds. The van der Waals surface area contributed by atoms with Gasteiger partial charge in [0.1, 0.15) is 12.6 Å². The van der Waals surface area contributed by atoms with Gasteiger partial charge in [-0.25, -0.2) is 4.79 Å². The van der Waals surface area contributed by atoms with Crippen LogP contribution < -0.4 is 16.4 Å². The van der Waals surface area contributed by atoms with Gasteiger partial charge in [-0.2, -0.15) is 10.2 Å². The maximum Gasteiger partial charge on any atom is 0.410 e. The van der Waals surface area contributed by atoms with E-state index in [9.17, 15) is 9.59 Å². The van der Waals surface area contributed by atoms with Gasteiger partial charge in [0.2, 0.25) is 5.91 Å². The third-order valence-electron chi connectivity index (χ3n) is 5.89. The van der Waals surface area contributed by atoms with Crippen molar-refractivity contribution in [3.63, 3.8) is 0 Å². The van der Waals surface area contributed by atoms with Crippen LogP contribution >= 0.6 is 0 Å². The van der Waals surface area contributed by atoms with E-state index in [1.807, 2.05) is 13.3 Å². The van der Waals surface area contributed by atoms with Crippen LogP contribution in [-0.4, -0.2) is 88.4 Å². The quantitative estimate of drug-likeness (QED) is 0.414. The monoisotopic (exact) mass is 439 g/mol. The minimum Gasteiger partial charge on any atom is -0.445 e. The third kappa shape index (κ3) is 7.55. The molecule has 1 aliphatic carbocycles. The van der Waals surface area contributed by atoms with Crippen molar-refractivity contribution in [1.82, 2.24) is 15.5 Å². The molecule has 1 aliphatic heterocycles. The van der Waals surface area contributed by atoms with Crippen LogP contribution in [-0.2, 0) is 14.3 Å². The van der Waals surface area contributed by atoms with Gasteiger partial charge in [-0.05, 0) is 39.3 Å². The summed E-state index contributed by atoms with van der Waals surface area (Å²) in [5.41, 5.74) is 4.86. The SMILES string of the molecule is CNCCCNC(=O)CN(C)C(=O)O[C@@H]1CCCC[C@@H](OC)C2C=NN=C(CC[NH3+])[C@@H]21. The van der Waals surface area contributed by atoms with Crippen molar-refractivity contribution in [2.75, 3.05) is 47.4 Å². The molecule has 2 aliphatic rings. The predicted octanol–water partition coefficient (Wildman–Crippen LogP) is 0.0429. The Balaban J connectivity index is 2.04. The maximum absolute atomic E-state index is 12.8. The van der Waals surface area contributed by atoms with Crippen LogP contribution in [0, 0.1) is 11.8 Å². The highest BCUT2D eigenvalue weighted by atomic mass is 16.6. The second-order valence-corrected chi connectivity index (χ2v) is 8.21. The Labute approximate surface area is 185 Å². The summed E-state index contributed by atoms with van der Waals surface area (Å²) >= 11 is 0. The summed E-state index contributed by atoms with van der Waals surface area (Å²) in [7, 11) is 5.17. The van der Waals surface area contributed by atoms with E-state index in [0.29, 0.717) is 19.5 Å². The molecule has 31 heavy (non-hydrogen) atoms. The summed E-state index contributed by atoms with van der Waals surface area (Å²) < 4.78 is 11.7. The Morgan fingerprint density at radius 1 is 1.26 bits per heavy atom. The number of fused-ring (bicyclic) bond motifs is 1. The summed E-state index contributed by atoms with van der Waals surface area (Å²) in [6.45, 7) is 2.05. The number of hydrogen-bond donors (Lipinski definition) is 3. The number of carbonyl (C=O) groups is 2. The van der Waals surface area contributed by atoms with E-state index in [4.69, 9.17) is 9.47 Å². The van der Waals surface area contributed by atoms with Crippen LogP contribution in [0.1, 0.15) is 38.5 Å². The number of amides is 2. The van der Waals surface area contributed by atoms with Crippen LogP contribution in [0.2, 0.25) is 0 Å². The van der Waals surface area contributed by atoms with Gasteiger partial charge in [0.15, 0.2) is 0 Å². The lowest BCUT2D eigenvalue weighted by Gasteiger charge is -2.39. The molecule has 0 radical (unpaired) electrons. The average molecular weight is 440 g/mol. The van der Waals surface area contributed by atoms with E-state index in [1.54, 1.807) is 14.2 Å². The van der Waals surface area contributed by atoms with Gasteiger partial charge < -0.3 is 30.7 Å². The highest BCUT2D eigenvalue weighted by Gasteiger charge is 2.42. The summed E-state index contributed by atoms with van der Waals surface area (Å²) in [5, 5.41) is 14.4. The molecule has 0 aromatic heterocycles. The number of nitrogens with one attached hydrogen (secondary N) is 2. The maximum atomic E-state index is 12.8. The molecule has 0 spiro atoms. The molecule has 10 nitrogen and oxygen atoms in total. The first-order valence-electron chi connectivity index (χ1n) is 11.3. The lowest BCUT2D eigenvalue weighted by atomic mass is 9.75. The van der Waals surface area contributed by atoms with Crippen molar-refractivity contribution < 1.29 is 24.8 Å². The summed E-state index contributed by atoms with van der Waals surface area (Å²) in [6, 6.07) is 0. The van der Waals surface area contributed by atoms with Crippen molar-refractivity contribution in [3.05, 3.63) is 0 Å². The van der Waals surface area contributed by atoms with Crippen molar-refractivity contribution >= 4 is 23.9 Å². The van der Waals surface area contributed by atoms with Gasteiger partial charge >= 0.3 is 6.09 Å². The van der Waals surface area contributed by atoms with E-state index in [-0.39, 0.29) is 36.5 Å². The number of ether oxygens (including phenoxy) is 2. The van der Waals surface area contributed by atoms with Crippen molar-refractivity contribution in [3.8, 4) is 0 Å². The Bertz CT molecular complexity index is 641. The number of hydrogen-bond acceptors (Lipinski definition) is 7. The minimum atomic E-state index is -0.500. The average Bonchev–Trinajstić information content (AvgIpc) is 2.74. The Hall–Kier alpha value is -2.04. The van der Waals surface area contributed by atoms with Crippen LogP contribution in [0.3, 0.4) is 0 Å². The molecular weight excluding hydrogens is 400 g/mol. The van der Waals surface area contributed by atoms with Gasteiger partial charge in [0.25, 0.3) is 0 Å². The Morgan fingerprint density at radius 3 is 2.68 bits per heavy atom. The first-order valence-corrected chi connectivity index (χ1v) is 11.3. The van der Waals surface area contributed by atoms with Gasteiger partial charge in [-0.1, -0.05) is 6.42 Å². The van der Waals surface area contributed by atoms with Gasteiger partial charge in [0, 0.05) is 45.2 Å². The molecule has 0 bridgehead atoms. The zero-order valence-corrected chi connectivity index (χ0v) is 19.1. The fraction of sp³-hybridized carbons (Fsp3) is 0.810. The van der Waals surface area contributed by atoms with Gasteiger partial charge in [-0.3, -0.25) is 4.79 Å². The number of likely N-dealkylation sites (N-methyl/N-ethyl adjacent to an activating group) is 1. The van der Waals surface area contributed by atoms with E-state index in [0.717, 1.165) is 44.4 Å². The lowest BCUT2D eigenvalue weighted by molar-refractivity contribution is -0.365. The summed E-state index contributed by atoms with van der Waals surface area (Å²) in [4.78, 5) is 26.3. The number of rotatable bonds is 10. The molecule has 1 unspecified atom stereocenters. The lowest BCUT2D eigenvalue weighted by Crippen LogP contribution is -2.53. The fourth-order valence-corrected chi connectivity index (χ4v) is 4.27. The molecule has 0 saturated heterocycles. The van der Waals surface area contributed by atoms with Gasteiger partial charge in [-0.15, -0.1) is 0 Å². The number of quaternary nitrogens is 1. The molecule has 1 heterocycles. The summed E-state index contributed by atoms with van der Waals surface area (Å²) in [6.07, 6.45) is 6.15. The topological polar surface area (TPSA) is 132 Å². The Morgan fingerprint density at radius 2 is 2.00 bits per heavy atom. The zero-order chi connectivity index (χ0) is 22.6. The van der Waals surface area contributed by atoms with Crippen LogP contribution in [0.4, 0.5) is 4.79 Å². The van der Waals surface area contributed by atoms with E-state index < -0.39 is 6.09 Å². The van der Waals surface area contributed by atoms with E-state index >= 15 is 0 Å². The number of nitrogens with zero attached hydrogens (tertiary/aromatic N) is 3. The van der Waals surface area contributed by atoms with E-state index in [1.165, 1.54) is 4.90 Å². The molecule has 176 valence electrons. The molecule has 2 rings (SSSR count). The van der Waals surface area contributed by atoms with Crippen LogP contribution in [0.5, 0.6) is 0 Å². The van der Waals surface area contributed by atoms with Crippen LogP contribution in [0.25, 0.3) is 0 Å². The molecule has 4 atom stereocenters. The largest absolute Gasteiger partial charge is 0.445 e. The van der Waals surface area contributed by atoms with Crippen molar-refractivity contribution in [2.45, 2.75) is 50.7 Å². The number of methoxy groups -OCH3 is 1. The molecule has 0 aromatic carbocycles. The van der Waals surface area contributed by atoms with Crippen molar-refractivity contribution in [2.24, 2.45) is 22.0 Å². The first kappa shape index (κ1) is 25.2. The smallest absolute Gasteiger partial charge is 0.410 e.